The molecule has 0 aliphatic carbocycles. The zero-order valence-corrected chi connectivity index (χ0v) is 43.9. The van der Waals surface area contributed by atoms with E-state index < -0.39 is 0 Å². The van der Waals surface area contributed by atoms with Gasteiger partial charge in [-0.3, -0.25) is 0 Å². The maximum atomic E-state index is 2.43. The molecule has 2 aromatic heterocycles. The van der Waals surface area contributed by atoms with Crippen LogP contribution in [0.15, 0.2) is 315 Å². The van der Waals surface area contributed by atoms with Crippen LogP contribution in [-0.2, 0) is 0 Å². The van der Waals surface area contributed by atoms with Crippen molar-refractivity contribution in [2.24, 2.45) is 0 Å². The van der Waals surface area contributed by atoms with E-state index in [1.165, 1.54) is 138 Å². The van der Waals surface area contributed by atoms with Crippen molar-refractivity contribution >= 4 is 43.6 Å². The molecule has 0 unspecified atom stereocenters. The second-order valence-corrected chi connectivity index (χ2v) is 20.9. The SMILES string of the molecule is c1ccc(-c2ccc(-c3ccc(-c4cccc(-c5cccc(-c6ccc(-c7ccc(-n8c9ccccc9c9cc(-c%10ccc%11c(c%10)c%10ccccc%10n%11-c%10ccccc%10-c%10ccccc%10)ccc98)cc7)cc6)c5)c4)cc3)cc2)cc1. The Labute approximate surface area is 466 Å². The molecule has 0 radical (unpaired) electrons. The van der Waals surface area contributed by atoms with Crippen molar-refractivity contribution in [2.45, 2.75) is 0 Å². The van der Waals surface area contributed by atoms with Gasteiger partial charge in [0.25, 0.3) is 0 Å². The molecule has 2 heterocycles. The van der Waals surface area contributed by atoms with Crippen LogP contribution >= 0.6 is 0 Å². The van der Waals surface area contributed by atoms with E-state index in [1.807, 2.05) is 0 Å². The van der Waals surface area contributed by atoms with Gasteiger partial charge < -0.3 is 9.13 Å². The molecule has 0 saturated heterocycles. The van der Waals surface area contributed by atoms with Crippen molar-refractivity contribution in [3.8, 4) is 100 Å². The quantitative estimate of drug-likeness (QED) is 0.129. The highest BCUT2D eigenvalue weighted by Crippen LogP contribution is 2.41. The summed E-state index contributed by atoms with van der Waals surface area (Å²) in [4.78, 5) is 0. The van der Waals surface area contributed by atoms with Crippen LogP contribution in [0, 0.1) is 0 Å². The lowest BCUT2D eigenvalue weighted by Gasteiger charge is -2.14. The molecule has 374 valence electrons. The third-order valence-electron chi connectivity index (χ3n) is 16.2. The van der Waals surface area contributed by atoms with E-state index in [0.717, 1.165) is 5.69 Å². The van der Waals surface area contributed by atoms with Crippen LogP contribution in [0.25, 0.3) is 144 Å². The summed E-state index contributed by atoms with van der Waals surface area (Å²) < 4.78 is 4.84. The third-order valence-corrected chi connectivity index (χ3v) is 16.2. The maximum Gasteiger partial charge on any atom is 0.0541 e. The van der Waals surface area contributed by atoms with Crippen LogP contribution in [0.5, 0.6) is 0 Å². The van der Waals surface area contributed by atoms with Gasteiger partial charge in [0.15, 0.2) is 0 Å². The molecule has 2 heteroatoms. The zero-order chi connectivity index (χ0) is 52.9. The minimum Gasteiger partial charge on any atom is -0.309 e. The predicted octanol–water partition coefficient (Wildman–Crippen LogP) is 21.2. The van der Waals surface area contributed by atoms with Gasteiger partial charge in [0.1, 0.15) is 0 Å². The summed E-state index contributed by atoms with van der Waals surface area (Å²) in [6.45, 7) is 0. The smallest absolute Gasteiger partial charge is 0.0541 e. The molecule has 15 aromatic rings. The molecule has 2 nitrogen and oxygen atoms in total. The second kappa shape index (κ2) is 19.8. The Hall–Kier alpha value is -10.5. The lowest BCUT2D eigenvalue weighted by molar-refractivity contribution is 1.18. The fraction of sp³-hybridized carbons (Fsp3) is 0. The molecule has 0 fully saturated rings. The van der Waals surface area contributed by atoms with Crippen molar-refractivity contribution in [2.75, 3.05) is 0 Å². The molecule has 0 saturated carbocycles. The van der Waals surface area contributed by atoms with Gasteiger partial charge in [0, 0.05) is 32.8 Å². The number of aromatic nitrogens is 2. The monoisotopic (exact) mass is 1020 g/mol. The number of nitrogens with zero attached hydrogens (tertiary/aromatic N) is 2. The Morgan fingerprint density at radius 1 is 0.163 bits per heavy atom. The fourth-order valence-corrected chi connectivity index (χ4v) is 12.1. The van der Waals surface area contributed by atoms with E-state index in [2.05, 4.69) is 325 Å². The fourth-order valence-electron chi connectivity index (χ4n) is 12.1. The summed E-state index contributed by atoms with van der Waals surface area (Å²) >= 11 is 0. The number of hydrogen-bond acceptors (Lipinski definition) is 0. The summed E-state index contributed by atoms with van der Waals surface area (Å²) in [6.07, 6.45) is 0. The summed E-state index contributed by atoms with van der Waals surface area (Å²) in [5.74, 6) is 0. The Bertz CT molecular complexity index is 4760. The Morgan fingerprint density at radius 2 is 0.463 bits per heavy atom. The number of fused-ring (bicyclic) bond motifs is 6. The molecule has 0 atom stereocenters. The van der Waals surface area contributed by atoms with E-state index >= 15 is 0 Å². The number of hydrogen-bond donors (Lipinski definition) is 0. The minimum atomic E-state index is 1.14. The van der Waals surface area contributed by atoms with Crippen LogP contribution in [0.1, 0.15) is 0 Å². The van der Waals surface area contributed by atoms with Crippen molar-refractivity contribution < 1.29 is 0 Å². The largest absolute Gasteiger partial charge is 0.309 e. The van der Waals surface area contributed by atoms with E-state index in [4.69, 9.17) is 0 Å². The van der Waals surface area contributed by atoms with Gasteiger partial charge in [0.05, 0.1) is 27.8 Å². The van der Waals surface area contributed by atoms with Crippen LogP contribution in [0.3, 0.4) is 0 Å². The molecule has 15 rings (SSSR count). The number of benzene rings is 13. The lowest BCUT2D eigenvalue weighted by atomic mass is 9.94. The van der Waals surface area contributed by atoms with E-state index in [9.17, 15) is 0 Å². The van der Waals surface area contributed by atoms with Gasteiger partial charge in [-0.05, 0) is 150 Å². The summed E-state index contributed by atoms with van der Waals surface area (Å²) in [5, 5.41) is 4.96. The lowest BCUT2D eigenvalue weighted by Crippen LogP contribution is -1.97. The van der Waals surface area contributed by atoms with Gasteiger partial charge in [-0.25, -0.2) is 0 Å². The number of para-hydroxylation sites is 3. The molecule has 0 N–H and O–H groups in total. The predicted molar refractivity (Wildman–Crippen MR) is 339 cm³/mol. The van der Waals surface area contributed by atoms with Crippen molar-refractivity contribution in [1.29, 1.82) is 0 Å². The van der Waals surface area contributed by atoms with Crippen molar-refractivity contribution in [1.82, 2.24) is 9.13 Å². The Balaban J connectivity index is 0.682. The zero-order valence-electron chi connectivity index (χ0n) is 43.9. The average Bonchev–Trinajstić information content (AvgIpc) is 4.29. The molecule has 0 spiro atoms. The molecule has 0 aliphatic heterocycles. The standard InChI is InChI=1S/C78H52N2/c1-3-15-53(16-4-1)54-29-31-55(32-30-54)56-33-37-59(38-34-56)62-19-13-21-64(49-62)65-22-14-20-63(50-65)60-39-35-57(36-40-60)58-41-45-68(46-42-58)79-75-27-11-8-24-70(75)72-51-66(43-47-77(72)79)67-44-48-78-73(52-67)71-25-9-12-28-76(71)80(78)74-26-10-7-23-69(74)61-17-5-2-6-18-61/h1-52H. The minimum absolute atomic E-state index is 1.14. The highest BCUT2D eigenvalue weighted by Gasteiger charge is 2.18. The Kier molecular flexibility index (Phi) is 11.6. The molecular weight excluding hydrogens is 965 g/mol. The summed E-state index contributed by atoms with van der Waals surface area (Å²) in [5.41, 5.74) is 26.3. The van der Waals surface area contributed by atoms with Crippen LogP contribution in [0.2, 0.25) is 0 Å². The first-order valence-corrected chi connectivity index (χ1v) is 27.5. The molecule has 0 amide bonds. The normalized spacial score (nSPS) is 11.5. The van der Waals surface area contributed by atoms with Crippen LogP contribution < -0.4 is 0 Å². The van der Waals surface area contributed by atoms with Gasteiger partial charge in [-0.1, -0.05) is 249 Å². The molecular formula is C78H52N2. The molecule has 0 bridgehead atoms. The first kappa shape index (κ1) is 46.7. The topological polar surface area (TPSA) is 9.86 Å². The Morgan fingerprint density at radius 3 is 0.950 bits per heavy atom. The van der Waals surface area contributed by atoms with E-state index in [0.29, 0.717) is 0 Å². The van der Waals surface area contributed by atoms with Gasteiger partial charge in [-0.2, -0.15) is 0 Å². The van der Waals surface area contributed by atoms with Gasteiger partial charge in [0.2, 0.25) is 0 Å². The highest BCUT2D eigenvalue weighted by molar-refractivity contribution is 6.13. The second-order valence-electron chi connectivity index (χ2n) is 20.9. The van der Waals surface area contributed by atoms with Crippen LogP contribution in [-0.4, -0.2) is 9.13 Å². The average molecular weight is 1020 g/mol. The first-order valence-electron chi connectivity index (χ1n) is 27.5. The van der Waals surface area contributed by atoms with Crippen molar-refractivity contribution in [3.05, 3.63) is 315 Å². The third kappa shape index (κ3) is 8.39. The summed E-state index contributed by atoms with van der Waals surface area (Å²) in [6, 6.07) is 115. The highest BCUT2D eigenvalue weighted by atomic mass is 15.0. The van der Waals surface area contributed by atoms with E-state index in [-0.39, 0.29) is 0 Å². The van der Waals surface area contributed by atoms with Crippen molar-refractivity contribution in [3.63, 3.8) is 0 Å². The van der Waals surface area contributed by atoms with Crippen LogP contribution in [0.4, 0.5) is 0 Å². The molecule has 80 heavy (non-hydrogen) atoms. The molecule has 13 aromatic carbocycles. The van der Waals surface area contributed by atoms with Gasteiger partial charge in [-0.15, -0.1) is 0 Å². The van der Waals surface area contributed by atoms with E-state index in [1.54, 1.807) is 0 Å². The molecule has 0 aliphatic rings. The summed E-state index contributed by atoms with van der Waals surface area (Å²) in [7, 11) is 0. The number of rotatable bonds is 10. The maximum absolute atomic E-state index is 2.43. The van der Waals surface area contributed by atoms with Gasteiger partial charge >= 0.3 is 0 Å². The first-order chi connectivity index (χ1) is 39.6.